The van der Waals surface area contributed by atoms with Gasteiger partial charge in [0.1, 0.15) is 5.82 Å². The summed E-state index contributed by atoms with van der Waals surface area (Å²) in [5.74, 6) is -1.11. The minimum atomic E-state index is -3.83. The molecule has 192 valence electrons. The van der Waals surface area contributed by atoms with Crippen LogP contribution in [0.2, 0.25) is 0 Å². The van der Waals surface area contributed by atoms with E-state index in [2.05, 4.69) is 13.0 Å². The second kappa shape index (κ2) is 10.5. The zero-order valence-corrected chi connectivity index (χ0v) is 21.9. The Morgan fingerprint density at radius 1 is 1.19 bits per heavy atom. The molecule has 3 heterocycles. The molecule has 7 nitrogen and oxygen atoms in total. The molecule has 2 unspecified atom stereocenters. The predicted molar refractivity (Wildman–Crippen MR) is 138 cm³/mol. The first-order valence-corrected chi connectivity index (χ1v) is 14.7. The van der Waals surface area contributed by atoms with Gasteiger partial charge >= 0.3 is 0 Å². The van der Waals surface area contributed by atoms with Gasteiger partial charge in [0.2, 0.25) is 15.9 Å². The van der Waals surface area contributed by atoms with E-state index in [1.165, 1.54) is 27.8 Å². The molecular formula is C26H30FN3O4S2. The van der Waals surface area contributed by atoms with Crippen LogP contribution in [-0.4, -0.2) is 56.0 Å². The van der Waals surface area contributed by atoms with Crippen LogP contribution in [0.15, 0.2) is 47.4 Å². The minimum absolute atomic E-state index is 0.0338. The van der Waals surface area contributed by atoms with E-state index in [9.17, 15) is 17.6 Å². The highest BCUT2D eigenvalue weighted by Gasteiger charge is 2.37. The molecule has 0 saturated carbocycles. The quantitative estimate of drug-likeness (QED) is 0.445. The maximum Gasteiger partial charge on any atom is 0.243 e. The summed E-state index contributed by atoms with van der Waals surface area (Å²) in [6.07, 6.45) is 3.80. The highest BCUT2D eigenvalue weighted by atomic mass is 32.2. The number of nitrogens with zero attached hydrogens (tertiary/aromatic N) is 3. The van der Waals surface area contributed by atoms with Crippen LogP contribution in [0.4, 0.5) is 9.52 Å². The van der Waals surface area contributed by atoms with Gasteiger partial charge in [0.25, 0.3) is 0 Å². The molecule has 0 radical (unpaired) electrons. The minimum Gasteiger partial charge on any atom is -0.376 e. The summed E-state index contributed by atoms with van der Waals surface area (Å²) in [6.45, 7) is 3.59. The van der Waals surface area contributed by atoms with Crippen LogP contribution in [-0.2, 0) is 26.0 Å². The maximum absolute atomic E-state index is 13.9. The van der Waals surface area contributed by atoms with Crippen molar-refractivity contribution in [3.8, 4) is 0 Å². The van der Waals surface area contributed by atoms with E-state index < -0.39 is 21.8 Å². The van der Waals surface area contributed by atoms with Crippen LogP contribution in [0, 0.1) is 11.7 Å². The van der Waals surface area contributed by atoms with Gasteiger partial charge in [-0.3, -0.25) is 9.69 Å². The Morgan fingerprint density at radius 3 is 2.72 bits per heavy atom. The maximum atomic E-state index is 13.9. The monoisotopic (exact) mass is 531 g/mol. The van der Waals surface area contributed by atoms with E-state index in [1.807, 2.05) is 12.1 Å². The summed E-state index contributed by atoms with van der Waals surface area (Å²) in [7, 11) is -3.83. The number of anilines is 1. The zero-order chi connectivity index (χ0) is 25.3. The fourth-order valence-electron chi connectivity index (χ4n) is 4.99. The number of ether oxygens (including phenoxy) is 1. The predicted octanol–water partition coefficient (Wildman–Crippen LogP) is 4.61. The van der Waals surface area contributed by atoms with Gasteiger partial charge in [0, 0.05) is 19.7 Å². The number of hydrogen-bond donors (Lipinski definition) is 0. The van der Waals surface area contributed by atoms with Crippen LogP contribution in [0.3, 0.4) is 0 Å². The molecule has 10 heteroatoms. The van der Waals surface area contributed by atoms with Crippen LogP contribution in [0.25, 0.3) is 10.2 Å². The van der Waals surface area contributed by atoms with Crippen molar-refractivity contribution < 1.29 is 22.3 Å². The highest BCUT2D eigenvalue weighted by molar-refractivity contribution is 7.89. The van der Waals surface area contributed by atoms with E-state index in [4.69, 9.17) is 9.72 Å². The molecule has 2 fully saturated rings. The van der Waals surface area contributed by atoms with Gasteiger partial charge in [-0.2, -0.15) is 4.31 Å². The van der Waals surface area contributed by atoms with Crippen LogP contribution >= 0.6 is 11.3 Å². The Hall–Kier alpha value is -2.40. The van der Waals surface area contributed by atoms with Gasteiger partial charge in [-0.25, -0.2) is 17.8 Å². The van der Waals surface area contributed by atoms with Gasteiger partial charge in [-0.05, 0) is 68.0 Å². The standard InChI is InChI=1S/C26H30FN3O4S2/c1-2-18-6-3-9-23-24(18)28-26(35-23)30(17-21-8-5-15-34-21)25(31)19-7-4-14-29(16-19)36(32,33)22-12-10-20(27)11-13-22/h3,6,9-13,19,21H,2,4-5,7-8,14-17H2,1H3. The van der Waals surface area contributed by atoms with E-state index in [0.29, 0.717) is 37.7 Å². The van der Waals surface area contributed by atoms with Gasteiger partial charge in [0.05, 0.1) is 33.7 Å². The van der Waals surface area contributed by atoms with Crippen molar-refractivity contribution >= 4 is 42.6 Å². The fraction of sp³-hybridized carbons (Fsp3) is 0.462. The third-order valence-corrected chi connectivity index (χ3v) is 9.89. The van der Waals surface area contributed by atoms with E-state index in [1.54, 1.807) is 4.90 Å². The lowest BCUT2D eigenvalue weighted by atomic mass is 9.98. The SMILES string of the molecule is CCc1cccc2sc(N(CC3CCCO3)C(=O)C3CCCN(S(=O)(=O)c4ccc(F)cc4)C3)nc12. The van der Waals surface area contributed by atoms with Crippen molar-refractivity contribution in [2.24, 2.45) is 5.92 Å². The molecule has 0 bridgehead atoms. The molecule has 2 atom stereocenters. The van der Waals surface area contributed by atoms with Crippen LogP contribution in [0.5, 0.6) is 0 Å². The first-order valence-electron chi connectivity index (χ1n) is 12.4. The molecule has 36 heavy (non-hydrogen) atoms. The number of para-hydroxylation sites is 1. The van der Waals surface area contributed by atoms with Crippen molar-refractivity contribution in [2.75, 3.05) is 31.1 Å². The lowest BCUT2D eigenvalue weighted by molar-refractivity contribution is -0.123. The number of carbonyl (C=O) groups excluding carboxylic acids is 1. The van der Waals surface area contributed by atoms with Gasteiger partial charge in [0.15, 0.2) is 5.13 Å². The molecule has 2 saturated heterocycles. The Bertz CT molecular complexity index is 1340. The molecule has 5 rings (SSSR count). The number of aromatic nitrogens is 1. The third kappa shape index (κ3) is 5.04. The number of sulfonamides is 1. The zero-order valence-electron chi connectivity index (χ0n) is 20.2. The lowest BCUT2D eigenvalue weighted by Crippen LogP contribution is -2.48. The fourth-order valence-corrected chi connectivity index (χ4v) is 7.54. The van der Waals surface area contributed by atoms with Crippen molar-refractivity contribution in [1.82, 2.24) is 9.29 Å². The number of halogens is 1. The number of benzene rings is 2. The summed E-state index contributed by atoms with van der Waals surface area (Å²) in [5.41, 5.74) is 2.04. The van der Waals surface area contributed by atoms with E-state index >= 15 is 0 Å². The molecule has 2 aliphatic heterocycles. The van der Waals surface area contributed by atoms with Crippen LogP contribution in [0.1, 0.15) is 38.2 Å². The summed E-state index contributed by atoms with van der Waals surface area (Å²) in [6, 6.07) is 10.9. The topological polar surface area (TPSA) is 79.8 Å². The summed E-state index contributed by atoms with van der Waals surface area (Å²) in [4.78, 5) is 20.6. The molecule has 2 aromatic carbocycles. The van der Waals surface area contributed by atoms with E-state index in [-0.39, 0.29) is 23.5 Å². The van der Waals surface area contributed by atoms with E-state index in [0.717, 1.165) is 47.2 Å². The number of piperidine rings is 1. The summed E-state index contributed by atoms with van der Waals surface area (Å²) < 4.78 is 48.0. The number of aryl methyl sites for hydroxylation is 1. The molecule has 3 aromatic rings. The number of carbonyl (C=O) groups is 1. The first kappa shape index (κ1) is 25.3. The largest absolute Gasteiger partial charge is 0.376 e. The number of rotatable bonds is 7. The third-order valence-electron chi connectivity index (χ3n) is 6.96. The van der Waals surface area contributed by atoms with Crippen molar-refractivity contribution in [2.45, 2.75) is 50.0 Å². The molecule has 1 amide bonds. The van der Waals surface area contributed by atoms with Gasteiger partial charge in [-0.15, -0.1) is 0 Å². The Balaban J connectivity index is 1.42. The normalized spacial score (nSPS) is 21.2. The number of amides is 1. The van der Waals surface area contributed by atoms with Gasteiger partial charge in [-0.1, -0.05) is 30.4 Å². The first-order chi connectivity index (χ1) is 17.4. The Labute approximate surface area is 214 Å². The van der Waals surface area contributed by atoms with Crippen molar-refractivity contribution in [3.63, 3.8) is 0 Å². The molecular weight excluding hydrogens is 501 g/mol. The number of hydrogen-bond acceptors (Lipinski definition) is 6. The van der Waals surface area contributed by atoms with Crippen molar-refractivity contribution in [3.05, 3.63) is 53.8 Å². The number of fused-ring (bicyclic) bond motifs is 1. The average Bonchev–Trinajstić information content (AvgIpc) is 3.57. The summed E-state index contributed by atoms with van der Waals surface area (Å²) in [5, 5.41) is 0.630. The summed E-state index contributed by atoms with van der Waals surface area (Å²) >= 11 is 1.49. The van der Waals surface area contributed by atoms with Crippen molar-refractivity contribution in [1.29, 1.82) is 0 Å². The molecule has 0 aliphatic carbocycles. The smallest absolute Gasteiger partial charge is 0.243 e. The molecule has 2 aliphatic rings. The highest BCUT2D eigenvalue weighted by Crippen LogP contribution is 2.34. The van der Waals surface area contributed by atoms with Gasteiger partial charge < -0.3 is 4.74 Å². The molecule has 0 N–H and O–H groups in total. The second-order valence-electron chi connectivity index (χ2n) is 9.35. The van der Waals surface area contributed by atoms with Crippen LogP contribution < -0.4 is 4.90 Å². The Kier molecular flexibility index (Phi) is 7.39. The lowest BCUT2D eigenvalue weighted by Gasteiger charge is -2.34. The molecule has 0 spiro atoms. The number of thiazole rings is 1. The Morgan fingerprint density at radius 2 is 2.00 bits per heavy atom. The molecule has 1 aromatic heterocycles. The second-order valence-corrected chi connectivity index (χ2v) is 12.3. The average molecular weight is 532 g/mol.